The van der Waals surface area contributed by atoms with Gasteiger partial charge in [-0.05, 0) is 35.6 Å². The number of hydrazine groups is 1. The fraction of sp³-hybridized carbons (Fsp3) is 0.312. The molecule has 1 unspecified atom stereocenters. The topological polar surface area (TPSA) is 50.9 Å². The molecule has 0 spiro atoms. The first-order chi connectivity index (χ1) is 9.30. The normalized spacial score (nSPS) is 12.4. The summed E-state index contributed by atoms with van der Waals surface area (Å²) < 4.78 is 0. The molecule has 0 fully saturated rings. The highest BCUT2D eigenvalue weighted by molar-refractivity contribution is 5.34. The van der Waals surface area contributed by atoms with E-state index in [0.29, 0.717) is 0 Å². The Labute approximate surface area is 114 Å². The molecule has 0 amide bonds. The fourth-order valence-corrected chi connectivity index (χ4v) is 2.29. The molecule has 1 aromatic heterocycles. The van der Waals surface area contributed by atoms with Crippen molar-refractivity contribution in [1.82, 2.24) is 10.4 Å². The van der Waals surface area contributed by atoms with Gasteiger partial charge in [0.1, 0.15) is 0 Å². The van der Waals surface area contributed by atoms with Crippen LogP contribution in [0.4, 0.5) is 0 Å². The summed E-state index contributed by atoms with van der Waals surface area (Å²) >= 11 is 0. The number of rotatable bonds is 5. The molecule has 3 heteroatoms. The maximum Gasteiger partial charge on any atom is 0.0884 e. The van der Waals surface area contributed by atoms with Crippen LogP contribution in [0.2, 0.25) is 0 Å². The summed E-state index contributed by atoms with van der Waals surface area (Å²) in [5.41, 5.74) is 7.60. The van der Waals surface area contributed by atoms with Gasteiger partial charge in [0.05, 0.1) is 11.7 Å². The van der Waals surface area contributed by atoms with Gasteiger partial charge in [0.25, 0.3) is 0 Å². The van der Waals surface area contributed by atoms with Crippen molar-refractivity contribution >= 4 is 0 Å². The van der Waals surface area contributed by atoms with Crippen molar-refractivity contribution in [3.63, 3.8) is 0 Å². The Balaban J connectivity index is 2.37. The molecule has 0 aliphatic rings. The zero-order valence-electron chi connectivity index (χ0n) is 11.6. The third kappa shape index (κ3) is 3.00. The Morgan fingerprint density at radius 2 is 1.84 bits per heavy atom. The number of pyridine rings is 1. The summed E-state index contributed by atoms with van der Waals surface area (Å²) in [6.07, 6.45) is 3.82. The first kappa shape index (κ1) is 13.7. The Morgan fingerprint density at radius 1 is 1.11 bits per heavy atom. The predicted molar refractivity (Wildman–Crippen MR) is 78.6 cm³/mol. The zero-order chi connectivity index (χ0) is 13.7. The van der Waals surface area contributed by atoms with Crippen LogP contribution in [0.25, 0.3) is 0 Å². The minimum absolute atomic E-state index is 0.0537. The third-order valence-electron chi connectivity index (χ3n) is 3.47. The SMILES string of the molecule is CCc1ccc(C(NN)c2ncccc2CC)cc1. The molecule has 0 saturated heterocycles. The second-order valence-corrected chi connectivity index (χ2v) is 4.60. The van der Waals surface area contributed by atoms with Crippen molar-refractivity contribution in [2.24, 2.45) is 5.84 Å². The predicted octanol–water partition coefficient (Wildman–Crippen LogP) is 2.76. The molecule has 0 radical (unpaired) electrons. The van der Waals surface area contributed by atoms with E-state index in [0.717, 1.165) is 24.1 Å². The van der Waals surface area contributed by atoms with Crippen LogP contribution in [-0.4, -0.2) is 4.98 Å². The standard InChI is InChI=1S/C16H21N3/c1-3-12-7-9-14(10-8-12)16(19-17)15-13(4-2)6-5-11-18-15/h5-11,16,19H,3-4,17H2,1-2H3. The van der Waals surface area contributed by atoms with Crippen LogP contribution in [0.1, 0.15) is 42.3 Å². The largest absolute Gasteiger partial charge is 0.271 e. The van der Waals surface area contributed by atoms with E-state index in [1.54, 1.807) is 0 Å². The van der Waals surface area contributed by atoms with E-state index in [-0.39, 0.29) is 6.04 Å². The number of aromatic nitrogens is 1. The molecule has 0 aliphatic heterocycles. The second kappa shape index (κ2) is 6.45. The van der Waals surface area contributed by atoms with Crippen LogP contribution >= 0.6 is 0 Å². The minimum atomic E-state index is -0.0537. The monoisotopic (exact) mass is 255 g/mol. The lowest BCUT2D eigenvalue weighted by Gasteiger charge is -2.19. The number of benzene rings is 1. The highest BCUT2D eigenvalue weighted by Crippen LogP contribution is 2.23. The second-order valence-electron chi connectivity index (χ2n) is 4.60. The van der Waals surface area contributed by atoms with Gasteiger partial charge < -0.3 is 0 Å². The zero-order valence-corrected chi connectivity index (χ0v) is 11.6. The van der Waals surface area contributed by atoms with Crippen molar-refractivity contribution in [3.05, 3.63) is 65.0 Å². The number of nitrogens with zero attached hydrogens (tertiary/aromatic N) is 1. The Kier molecular flexibility index (Phi) is 4.66. The van der Waals surface area contributed by atoms with Gasteiger partial charge in [0.15, 0.2) is 0 Å². The van der Waals surface area contributed by atoms with Crippen LogP contribution in [0, 0.1) is 0 Å². The third-order valence-corrected chi connectivity index (χ3v) is 3.47. The van der Waals surface area contributed by atoms with Crippen LogP contribution in [0.3, 0.4) is 0 Å². The highest BCUT2D eigenvalue weighted by atomic mass is 15.2. The van der Waals surface area contributed by atoms with Gasteiger partial charge in [-0.2, -0.15) is 0 Å². The number of hydrogen-bond acceptors (Lipinski definition) is 3. The van der Waals surface area contributed by atoms with Crippen molar-refractivity contribution in [2.75, 3.05) is 0 Å². The molecular weight excluding hydrogens is 234 g/mol. The minimum Gasteiger partial charge on any atom is -0.271 e. The Hall–Kier alpha value is -1.71. The van der Waals surface area contributed by atoms with Gasteiger partial charge in [-0.1, -0.05) is 44.2 Å². The first-order valence-corrected chi connectivity index (χ1v) is 6.78. The molecule has 1 atom stereocenters. The van der Waals surface area contributed by atoms with Crippen LogP contribution in [-0.2, 0) is 12.8 Å². The summed E-state index contributed by atoms with van der Waals surface area (Å²) in [5, 5.41) is 0. The van der Waals surface area contributed by atoms with Crippen molar-refractivity contribution < 1.29 is 0 Å². The number of hydrogen-bond donors (Lipinski definition) is 2. The van der Waals surface area contributed by atoms with Crippen molar-refractivity contribution in [1.29, 1.82) is 0 Å². The van der Waals surface area contributed by atoms with Gasteiger partial charge in [-0.15, -0.1) is 0 Å². The summed E-state index contributed by atoms with van der Waals surface area (Å²) in [6, 6.07) is 12.6. The van der Waals surface area contributed by atoms with E-state index < -0.39 is 0 Å². The van der Waals surface area contributed by atoms with Crippen LogP contribution < -0.4 is 11.3 Å². The van der Waals surface area contributed by atoms with Crippen molar-refractivity contribution in [2.45, 2.75) is 32.7 Å². The van der Waals surface area contributed by atoms with E-state index in [1.807, 2.05) is 12.3 Å². The fourth-order valence-electron chi connectivity index (χ4n) is 2.29. The molecular formula is C16H21N3. The maximum atomic E-state index is 5.74. The molecule has 0 saturated carbocycles. The first-order valence-electron chi connectivity index (χ1n) is 6.78. The quantitative estimate of drug-likeness (QED) is 0.638. The molecule has 1 heterocycles. The molecule has 2 aromatic rings. The molecule has 19 heavy (non-hydrogen) atoms. The van der Waals surface area contributed by atoms with E-state index >= 15 is 0 Å². The summed E-state index contributed by atoms with van der Waals surface area (Å²) in [4.78, 5) is 4.50. The summed E-state index contributed by atoms with van der Waals surface area (Å²) in [7, 11) is 0. The molecule has 2 rings (SSSR count). The Morgan fingerprint density at radius 3 is 2.42 bits per heavy atom. The Bertz CT molecular complexity index is 520. The average Bonchev–Trinajstić information content (AvgIpc) is 2.49. The average molecular weight is 255 g/mol. The smallest absolute Gasteiger partial charge is 0.0884 e. The highest BCUT2D eigenvalue weighted by Gasteiger charge is 2.16. The van der Waals surface area contributed by atoms with Gasteiger partial charge in [0.2, 0.25) is 0 Å². The van der Waals surface area contributed by atoms with Crippen LogP contribution in [0.5, 0.6) is 0 Å². The molecule has 1 aromatic carbocycles. The lowest BCUT2D eigenvalue weighted by atomic mass is 9.97. The van der Waals surface area contributed by atoms with Crippen LogP contribution in [0.15, 0.2) is 42.6 Å². The number of aryl methyl sites for hydroxylation is 2. The van der Waals surface area contributed by atoms with Gasteiger partial charge >= 0.3 is 0 Å². The maximum absolute atomic E-state index is 5.74. The molecule has 0 aliphatic carbocycles. The molecule has 0 bridgehead atoms. The van der Waals surface area contributed by atoms with E-state index in [4.69, 9.17) is 5.84 Å². The van der Waals surface area contributed by atoms with Gasteiger partial charge in [0, 0.05) is 6.20 Å². The lowest BCUT2D eigenvalue weighted by Crippen LogP contribution is -2.30. The van der Waals surface area contributed by atoms with E-state index in [2.05, 4.69) is 54.6 Å². The van der Waals surface area contributed by atoms with E-state index in [9.17, 15) is 0 Å². The van der Waals surface area contributed by atoms with Crippen molar-refractivity contribution in [3.8, 4) is 0 Å². The van der Waals surface area contributed by atoms with Gasteiger partial charge in [-0.25, -0.2) is 5.43 Å². The van der Waals surface area contributed by atoms with Gasteiger partial charge in [-0.3, -0.25) is 10.8 Å². The molecule has 100 valence electrons. The molecule has 3 nitrogen and oxygen atoms in total. The summed E-state index contributed by atoms with van der Waals surface area (Å²) in [5.74, 6) is 5.74. The lowest BCUT2D eigenvalue weighted by molar-refractivity contribution is 0.614. The van der Waals surface area contributed by atoms with E-state index in [1.165, 1.54) is 11.1 Å². The summed E-state index contributed by atoms with van der Waals surface area (Å²) in [6.45, 7) is 4.29. The number of nitrogens with one attached hydrogen (secondary N) is 1. The number of nitrogens with two attached hydrogens (primary N) is 1. The molecule has 3 N–H and O–H groups in total.